The first-order valence-electron chi connectivity index (χ1n) is 40.2. The molecule has 0 aliphatic carbocycles. The maximum atomic E-state index is 13.5. The fourth-order valence-electron chi connectivity index (χ4n) is 11.4. The Kier molecular flexibility index (Phi) is 38.5. The number of nitrogens with one attached hydrogen (secondary N) is 5. The summed E-state index contributed by atoms with van der Waals surface area (Å²) in [5, 5.41) is 30.9. The van der Waals surface area contributed by atoms with Crippen LogP contribution in [-0.4, -0.2) is 145 Å². The lowest BCUT2D eigenvalue weighted by Gasteiger charge is -2.21. The topological polar surface area (TPSA) is 492 Å². The molecule has 42 heteroatoms. The predicted octanol–water partition coefficient (Wildman–Crippen LogP) is 17.6. The number of para-hydroxylation sites is 1. The number of rotatable bonds is 27. The van der Waals surface area contributed by atoms with Crippen molar-refractivity contribution in [1.29, 1.82) is 0 Å². The molecule has 14 aromatic rings. The Labute approximate surface area is 787 Å². The monoisotopic (exact) mass is 1920 g/mol. The number of carbonyl (C=O) groups is 9. The number of esters is 2. The van der Waals surface area contributed by atoms with E-state index in [1.165, 1.54) is 73.2 Å². The van der Waals surface area contributed by atoms with Crippen LogP contribution in [0.5, 0.6) is 6.01 Å². The molecule has 9 aromatic carbocycles. The van der Waals surface area contributed by atoms with Crippen LogP contribution in [-0.2, 0) is 38.3 Å². The van der Waals surface area contributed by atoms with E-state index in [1.807, 2.05) is 33.8 Å². The number of carboxylic acid groups (broad SMARTS) is 1. The fraction of sp³-hybridized carbons (Fsp3) is 0.151. The molecule has 34 nitrogen and oxygen atoms in total. The molecule has 0 aliphatic rings. The minimum Gasteiger partial charge on any atom is -0.477 e. The Morgan fingerprint density at radius 3 is 1.35 bits per heavy atom. The number of ether oxygens (including phenoxy) is 3. The number of fused-ring (bicyclic) bond motifs is 1. The van der Waals surface area contributed by atoms with Crippen molar-refractivity contribution >= 4 is 157 Å². The Morgan fingerprint density at radius 2 is 0.889 bits per heavy atom. The van der Waals surface area contributed by atoms with Gasteiger partial charge in [0.25, 0.3) is 5.91 Å². The number of nitrogens with two attached hydrogens (primary N) is 3. The van der Waals surface area contributed by atoms with Crippen LogP contribution < -0.4 is 48.8 Å². The molecule has 0 saturated heterocycles. The van der Waals surface area contributed by atoms with Crippen molar-refractivity contribution in [2.45, 2.75) is 72.4 Å². The molecule has 14 rings (SSSR count). The van der Waals surface area contributed by atoms with E-state index in [-0.39, 0.29) is 128 Å². The van der Waals surface area contributed by atoms with E-state index in [9.17, 15) is 65.8 Å². The molecular formula is C93H83Cl4F4N19O15. The Hall–Kier alpha value is -15.9. The third kappa shape index (κ3) is 33.2. The van der Waals surface area contributed by atoms with E-state index in [0.29, 0.717) is 85.0 Å². The first-order chi connectivity index (χ1) is 64.5. The number of carbonyl (C=O) groups excluding carboxylic acids is 8. The number of carboxylic acids is 1. The third-order valence-electron chi connectivity index (χ3n) is 17.5. The van der Waals surface area contributed by atoms with Crippen molar-refractivity contribution in [3.63, 3.8) is 0 Å². The number of amides is 2. The van der Waals surface area contributed by atoms with Gasteiger partial charge in [0.1, 0.15) is 78.9 Å². The zero-order valence-electron chi connectivity index (χ0n) is 72.3. The van der Waals surface area contributed by atoms with Crippen LogP contribution >= 0.6 is 46.4 Å². The lowest BCUT2D eigenvalue weighted by atomic mass is 10.0. The molecule has 5 heterocycles. The standard InChI is InChI=1S/C25H18FN7O4.C21H17ClFN3O3.C19H13ClFN3O3.C13H11FN2O.C8H18N2O2.C7H6Cl2N2O2/c26-17-7-3-5-15(11-17)12-22(34)16-6-4-8-18(13-16)29-23-19(24(35)36-27)14-28-25(30-23)37-33-21-10-2-1-9-20(21)31-32-33;1-2-29-20(28)17-12-24-21(22)26-19(17)25-16-8-4-6-14(11-16)18(27)10-13-5-3-7-15(23)9-13;20-19-22-10-15(18(26)27)17(24-19)23-14-6-2-4-12(9-14)16(25)8-11-3-1-5-13(21)7-11;14-10-4-2-6-12(8-10)16-13(17)9-3-1-5-11(15)7-9;1-6(5-9)10-7(11)12-8(2,3)4;1-2-13-6(12)4-3-10-7(9)11-5(4)8/h1-11,13-14H,12,27H2,(H,28,29,30);3-9,11-12H,2,10H2,1H3,(H,24,25,26);1-7,9-10H,8H2,(H,26,27)(H,22,23,24);1-8H,15H2,(H,16,17);6H,5,9H2,1-4H3,(H,10,11);3H,2H2,1H3/t;;;;6-;/m....0./s1. The van der Waals surface area contributed by atoms with Crippen molar-refractivity contribution in [1.82, 2.24) is 60.3 Å². The number of anilines is 8. The van der Waals surface area contributed by atoms with Gasteiger partial charge in [0.2, 0.25) is 15.9 Å². The third-order valence-corrected chi connectivity index (χ3v) is 18.3. The summed E-state index contributed by atoms with van der Waals surface area (Å²) < 4.78 is 67.7. The minimum absolute atomic E-state index is 0.00144. The summed E-state index contributed by atoms with van der Waals surface area (Å²) in [6.07, 6.45) is 4.49. The number of aromatic carboxylic acids is 1. The highest BCUT2D eigenvalue weighted by Gasteiger charge is 2.24. The number of hydrogen-bond acceptors (Lipinski definition) is 30. The van der Waals surface area contributed by atoms with Gasteiger partial charge in [-0.2, -0.15) is 20.8 Å². The van der Waals surface area contributed by atoms with Gasteiger partial charge >= 0.3 is 36.0 Å². The molecule has 2 amide bonds. The van der Waals surface area contributed by atoms with Crippen LogP contribution in [0.2, 0.25) is 21.0 Å². The zero-order valence-corrected chi connectivity index (χ0v) is 75.3. The summed E-state index contributed by atoms with van der Waals surface area (Å²) in [5.41, 5.74) is 17.3. The maximum Gasteiger partial charge on any atom is 0.407 e. The van der Waals surface area contributed by atoms with Crippen LogP contribution in [0.1, 0.15) is 141 Å². The van der Waals surface area contributed by atoms with Crippen molar-refractivity contribution in [2.24, 2.45) is 11.6 Å². The second-order valence-corrected chi connectivity index (χ2v) is 30.3. The number of nitrogens with zero attached hydrogens (tertiary/aromatic N) is 11. The van der Waals surface area contributed by atoms with Gasteiger partial charge in [0.15, 0.2) is 23.2 Å². The molecule has 0 bridgehead atoms. The van der Waals surface area contributed by atoms with Gasteiger partial charge in [0.05, 0.1) is 19.4 Å². The Balaban J connectivity index is 0.000000190. The fourth-order valence-corrected chi connectivity index (χ4v) is 12.0. The molecule has 0 unspecified atom stereocenters. The van der Waals surface area contributed by atoms with Crippen molar-refractivity contribution in [3.8, 4) is 6.01 Å². The number of hydrogen-bond donors (Lipinski definition) is 9. The smallest absolute Gasteiger partial charge is 0.407 e. The average Bonchev–Trinajstić information content (AvgIpc) is 1.72. The first kappa shape index (κ1) is 103. The number of benzene rings is 9. The van der Waals surface area contributed by atoms with Gasteiger partial charge in [-0.05, 0) is 220 Å². The van der Waals surface area contributed by atoms with Crippen LogP contribution in [0.3, 0.4) is 0 Å². The summed E-state index contributed by atoms with van der Waals surface area (Å²) in [6.45, 7) is 11.6. The zero-order chi connectivity index (χ0) is 97.8. The molecular weight excluding hydrogens is 1840 g/mol. The molecule has 0 saturated carbocycles. The molecule has 0 aliphatic heterocycles. The highest BCUT2D eigenvalue weighted by atomic mass is 35.5. The van der Waals surface area contributed by atoms with E-state index in [4.69, 9.17) is 82.8 Å². The molecule has 0 spiro atoms. The van der Waals surface area contributed by atoms with Gasteiger partial charge in [-0.3, -0.25) is 19.2 Å². The first-order valence-corrected chi connectivity index (χ1v) is 41.7. The largest absolute Gasteiger partial charge is 0.477 e. The summed E-state index contributed by atoms with van der Waals surface area (Å²) in [5.74, 6) is -0.518. The van der Waals surface area contributed by atoms with E-state index in [1.54, 1.807) is 172 Å². The predicted molar refractivity (Wildman–Crippen MR) is 496 cm³/mol. The molecule has 5 aromatic heterocycles. The van der Waals surface area contributed by atoms with Gasteiger partial charge in [-0.15, -0.1) is 5.10 Å². The SMILES string of the molecule is CCOC(=O)c1cnc(Cl)nc1Cl.CCOC(=O)c1cnc(Cl)nc1Nc1cccc(C(=O)Cc2cccc(F)c2)c1.C[C@@H](CN)NC(=O)OC(C)(C)C.NOC(=O)c1cnc(On2nnc3ccccc32)nc1Nc1cccc(C(=O)Cc2cccc(F)c2)c1.Nc1cccc(C(=O)Nc2cccc(F)c2)c1.O=C(Cc1cccc(F)c1)c1cccc(Nc2nc(Cl)ncc2C(=O)O)c1. The lowest BCUT2D eigenvalue weighted by Crippen LogP contribution is -2.41. The average molecular weight is 1920 g/mol. The van der Waals surface area contributed by atoms with Gasteiger partial charge in [-0.1, -0.05) is 114 Å². The number of nitrogen functional groups attached to an aromatic ring is 1. The summed E-state index contributed by atoms with van der Waals surface area (Å²) in [4.78, 5) is 149. The number of aromatic nitrogens is 11. The minimum atomic E-state index is -1.22. The van der Waals surface area contributed by atoms with E-state index >= 15 is 0 Å². The highest BCUT2D eigenvalue weighted by Crippen LogP contribution is 2.29. The highest BCUT2D eigenvalue weighted by molar-refractivity contribution is 6.34. The maximum absolute atomic E-state index is 13.5. The Bertz CT molecular complexity index is 6590. The van der Waals surface area contributed by atoms with Crippen LogP contribution in [0.4, 0.5) is 68.2 Å². The van der Waals surface area contributed by atoms with Gasteiger partial charge in [-0.25, -0.2) is 66.5 Å². The summed E-state index contributed by atoms with van der Waals surface area (Å²) >= 11 is 22.6. The molecule has 135 heavy (non-hydrogen) atoms. The van der Waals surface area contributed by atoms with Crippen molar-refractivity contribution in [2.75, 3.05) is 46.8 Å². The molecule has 1 atom stereocenters. The molecule has 0 radical (unpaired) electrons. The Morgan fingerprint density at radius 1 is 0.474 bits per heavy atom. The molecule has 12 N–H and O–H groups in total. The van der Waals surface area contributed by atoms with E-state index < -0.39 is 58.8 Å². The summed E-state index contributed by atoms with van der Waals surface area (Å²) in [6, 6.07) is 56.5. The van der Waals surface area contributed by atoms with Crippen LogP contribution in [0.25, 0.3) is 11.0 Å². The normalized spacial score (nSPS) is 10.7. The van der Waals surface area contributed by atoms with Crippen LogP contribution in [0.15, 0.2) is 243 Å². The number of alkyl carbamates (subject to hydrolysis) is 1. The second-order valence-electron chi connectivity index (χ2n) is 28.9. The number of Topliss-reactive ketones (excluding diaryl/α,β-unsaturated/α-hetero) is 3. The van der Waals surface area contributed by atoms with Crippen LogP contribution in [0, 0.1) is 23.3 Å². The molecule has 696 valence electrons. The lowest BCUT2D eigenvalue weighted by molar-refractivity contribution is 0.0496. The summed E-state index contributed by atoms with van der Waals surface area (Å²) in [7, 11) is 0. The second kappa shape index (κ2) is 50.5. The number of ketones is 3. The molecule has 0 fully saturated rings. The number of halogens is 8. The van der Waals surface area contributed by atoms with Crippen molar-refractivity contribution < 1.29 is 89.7 Å². The van der Waals surface area contributed by atoms with E-state index in [2.05, 4.69) is 81.6 Å². The quantitative estimate of drug-likeness (QED) is 0.00337. The van der Waals surface area contributed by atoms with Gasteiger partial charge < -0.3 is 67.0 Å². The van der Waals surface area contributed by atoms with Gasteiger partial charge in [0, 0.05) is 101 Å². The van der Waals surface area contributed by atoms with Crippen molar-refractivity contribution in [3.05, 3.63) is 349 Å². The van der Waals surface area contributed by atoms with E-state index in [0.717, 1.165) is 11.0 Å².